The van der Waals surface area contributed by atoms with Crippen LogP contribution in [0.25, 0.3) is 0 Å². The van der Waals surface area contributed by atoms with Crippen molar-refractivity contribution in [2.24, 2.45) is 0 Å². The number of ether oxygens (including phenoxy) is 3. The second-order valence-corrected chi connectivity index (χ2v) is 6.34. The molecule has 7 heteroatoms. The van der Waals surface area contributed by atoms with Crippen LogP contribution in [0.15, 0.2) is 30.3 Å². The first-order chi connectivity index (χ1) is 12.4. The fourth-order valence-corrected chi connectivity index (χ4v) is 3.62. The maximum Gasteiger partial charge on any atom is 0.329 e. The van der Waals surface area contributed by atoms with Crippen molar-refractivity contribution in [3.63, 3.8) is 0 Å². The minimum Gasteiger partial charge on any atom is -0.465 e. The molecule has 0 aliphatic carbocycles. The van der Waals surface area contributed by atoms with E-state index in [0.29, 0.717) is 5.56 Å². The molecule has 1 aliphatic heterocycles. The van der Waals surface area contributed by atoms with Crippen LogP contribution in [0.5, 0.6) is 0 Å². The standard InChI is InChI=1S/C19H28N2O5/c1-6-24-16(22)15(20-4)19(14-11-9-8-10-12-14)18(3,17(23)25-7-2)21(5)13-26-19/h8-12,15,20H,6-7,13H2,1-5H3/t15-,18+,19+/m1/s1. The topological polar surface area (TPSA) is 77.1 Å². The molecule has 2 rings (SSSR count). The predicted octanol–water partition coefficient (Wildman–Crippen LogP) is 1.27. The molecule has 1 fully saturated rings. The molecule has 1 aromatic carbocycles. The SMILES string of the molecule is CCOC(=O)[C@@H](NC)[C@]1(c2ccccc2)OCN(C)[C@@]1(C)C(=O)OCC. The lowest BCUT2D eigenvalue weighted by atomic mass is 9.71. The number of likely N-dealkylation sites (N-methyl/N-ethyl adjacent to an activating group) is 2. The van der Waals surface area contributed by atoms with Crippen molar-refractivity contribution in [1.82, 2.24) is 10.2 Å². The van der Waals surface area contributed by atoms with Gasteiger partial charge in [0.05, 0.1) is 13.2 Å². The monoisotopic (exact) mass is 364 g/mol. The highest BCUT2D eigenvalue weighted by atomic mass is 16.6. The molecule has 1 heterocycles. The van der Waals surface area contributed by atoms with E-state index in [-0.39, 0.29) is 19.9 Å². The third-order valence-electron chi connectivity index (χ3n) is 5.07. The maximum atomic E-state index is 13.0. The summed E-state index contributed by atoms with van der Waals surface area (Å²) in [7, 11) is 3.43. The van der Waals surface area contributed by atoms with Gasteiger partial charge in [-0.05, 0) is 40.4 Å². The molecular formula is C19H28N2O5. The van der Waals surface area contributed by atoms with Crippen LogP contribution in [-0.4, -0.2) is 62.5 Å². The third-order valence-corrected chi connectivity index (χ3v) is 5.07. The molecule has 0 bridgehead atoms. The molecule has 3 atom stereocenters. The molecule has 1 aromatic rings. The van der Waals surface area contributed by atoms with Crippen LogP contribution in [0.4, 0.5) is 0 Å². The molecule has 0 unspecified atom stereocenters. The van der Waals surface area contributed by atoms with Gasteiger partial charge in [-0.25, -0.2) is 4.79 Å². The van der Waals surface area contributed by atoms with Gasteiger partial charge in [-0.3, -0.25) is 9.69 Å². The number of carbonyl (C=O) groups is 2. The second-order valence-electron chi connectivity index (χ2n) is 6.34. The van der Waals surface area contributed by atoms with E-state index in [4.69, 9.17) is 14.2 Å². The van der Waals surface area contributed by atoms with Crippen LogP contribution >= 0.6 is 0 Å². The Balaban J connectivity index is 2.71. The van der Waals surface area contributed by atoms with E-state index in [9.17, 15) is 9.59 Å². The van der Waals surface area contributed by atoms with Crippen molar-refractivity contribution < 1.29 is 23.8 Å². The molecule has 26 heavy (non-hydrogen) atoms. The van der Waals surface area contributed by atoms with Crippen molar-refractivity contribution >= 4 is 11.9 Å². The number of esters is 2. The molecule has 0 amide bonds. The minimum atomic E-state index is -1.31. The highest BCUT2D eigenvalue weighted by molar-refractivity contribution is 5.87. The van der Waals surface area contributed by atoms with E-state index in [2.05, 4.69) is 5.32 Å². The fraction of sp³-hybridized carbons (Fsp3) is 0.579. The summed E-state index contributed by atoms with van der Waals surface area (Å²) in [6.45, 7) is 5.87. The first kappa shape index (κ1) is 20.4. The molecule has 1 N–H and O–H groups in total. The normalized spacial score (nSPS) is 27.1. The van der Waals surface area contributed by atoms with Gasteiger partial charge in [-0.15, -0.1) is 0 Å². The summed E-state index contributed by atoms with van der Waals surface area (Å²) in [6, 6.07) is 8.37. The minimum absolute atomic E-state index is 0.168. The van der Waals surface area contributed by atoms with Crippen LogP contribution < -0.4 is 5.32 Å². The average Bonchev–Trinajstić information content (AvgIpc) is 2.91. The molecule has 7 nitrogen and oxygen atoms in total. The smallest absolute Gasteiger partial charge is 0.329 e. The Labute approximate surface area is 154 Å². The zero-order valence-corrected chi connectivity index (χ0v) is 16.1. The Kier molecular flexibility index (Phi) is 6.39. The Morgan fingerprint density at radius 1 is 1.23 bits per heavy atom. The van der Waals surface area contributed by atoms with Gasteiger partial charge in [0.1, 0.15) is 18.4 Å². The molecule has 0 saturated carbocycles. The van der Waals surface area contributed by atoms with Crippen LogP contribution in [0.1, 0.15) is 26.3 Å². The van der Waals surface area contributed by atoms with Gasteiger partial charge in [0.25, 0.3) is 0 Å². The summed E-state index contributed by atoms with van der Waals surface area (Å²) in [4.78, 5) is 27.6. The van der Waals surface area contributed by atoms with Gasteiger partial charge >= 0.3 is 11.9 Å². The number of nitrogens with zero attached hydrogens (tertiary/aromatic N) is 1. The van der Waals surface area contributed by atoms with Crippen molar-refractivity contribution in [1.29, 1.82) is 0 Å². The number of nitrogens with one attached hydrogen (secondary N) is 1. The number of carbonyl (C=O) groups excluding carboxylic acids is 2. The van der Waals surface area contributed by atoms with Crippen molar-refractivity contribution in [2.45, 2.75) is 38.0 Å². The molecule has 0 aromatic heterocycles. The zero-order chi connectivity index (χ0) is 19.4. The summed E-state index contributed by atoms with van der Waals surface area (Å²) in [5, 5.41) is 3.01. The van der Waals surface area contributed by atoms with E-state index in [1.165, 1.54) is 0 Å². The number of hydrogen-bond donors (Lipinski definition) is 1. The van der Waals surface area contributed by atoms with E-state index in [0.717, 1.165) is 0 Å². The van der Waals surface area contributed by atoms with Gasteiger partial charge in [0.2, 0.25) is 0 Å². The van der Waals surface area contributed by atoms with Gasteiger partial charge in [0.15, 0.2) is 5.54 Å². The van der Waals surface area contributed by atoms with E-state index >= 15 is 0 Å². The largest absolute Gasteiger partial charge is 0.465 e. The molecule has 1 aliphatic rings. The van der Waals surface area contributed by atoms with Crippen LogP contribution in [0.3, 0.4) is 0 Å². The Bertz CT molecular complexity index is 638. The second kappa shape index (κ2) is 8.16. The Morgan fingerprint density at radius 3 is 2.38 bits per heavy atom. The molecule has 0 spiro atoms. The van der Waals surface area contributed by atoms with E-state index in [1.807, 2.05) is 30.3 Å². The van der Waals surface area contributed by atoms with Crippen LogP contribution in [0, 0.1) is 0 Å². The number of hydrogen-bond acceptors (Lipinski definition) is 7. The first-order valence-electron chi connectivity index (χ1n) is 8.81. The van der Waals surface area contributed by atoms with Crippen molar-refractivity contribution in [3.8, 4) is 0 Å². The van der Waals surface area contributed by atoms with Crippen LogP contribution in [0.2, 0.25) is 0 Å². The summed E-state index contributed by atoms with van der Waals surface area (Å²) >= 11 is 0. The summed E-state index contributed by atoms with van der Waals surface area (Å²) in [6.07, 6.45) is 0. The van der Waals surface area contributed by atoms with E-state index in [1.54, 1.807) is 39.8 Å². The van der Waals surface area contributed by atoms with Crippen molar-refractivity contribution in [2.75, 3.05) is 34.0 Å². The van der Waals surface area contributed by atoms with Gasteiger partial charge in [-0.1, -0.05) is 30.3 Å². The predicted molar refractivity (Wildman–Crippen MR) is 96.4 cm³/mol. The highest BCUT2D eigenvalue weighted by Crippen LogP contribution is 2.48. The first-order valence-corrected chi connectivity index (χ1v) is 8.81. The molecule has 1 saturated heterocycles. The highest BCUT2D eigenvalue weighted by Gasteiger charge is 2.68. The van der Waals surface area contributed by atoms with Crippen molar-refractivity contribution in [3.05, 3.63) is 35.9 Å². The van der Waals surface area contributed by atoms with Gasteiger partial charge in [-0.2, -0.15) is 0 Å². The maximum absolute atomic E-state index is 13.0. The average molecular weight is 364 g/mol. The number of rotatable bonds is 7. The Morgan fingerprint density at radius 2 is 1.85 bits per heavy atom. The Hall–Kier alpha value is -1.96. The molecule has 0 radical (unpaired) electrons. The van der Waals surface area contributed by atoms with Crippen LogP contribution in [-0.2, 0) is 29.4 Å². The zero-order valence-electron chi connectivity index (χ0n) is 16.1. The lowest BCUT2D eigenvalue weighted by Crippen LogP contribution is -2.68. The van der Waals surface area contributed by atoms with Gasteiger partial charge in [0, 0.05) is 0 Å². The summed E-state index contributed by atoms with van der Waals surface area (Å²) in [5.41, 5.74) is -1.84. The van der Waals surface area contributed by atoms with Gasteiger partial charge < -0.3 is 19.5 Å². The molecule has 144 valence electrons. The molecular weight excluding hydrogens is 336 g/mol. The summed E-state index contributed by atoms with van der Waals surface area (Å²) < 4.78 is 16.8. The lowest BCUT2D eigenvalue weighted by Gasteiger charge is -2.45. The quantitative estimate of drug-likeness (QED) is 0.730. The fourth-order valence-electron chi connectivity index (χ4n) is 3.62. The summed E-state index contributed by atoms with van der Waals surface area (Å²) in [5.74, 6) is -0.932. The lowest BCUT2D eigenvalue weighted by molar-refractivity contribution is -0.171. The third kappa shape index (κ3) is 3.00. The van der Waals surface area contributed by atoms with E-state index < -0.39 is 29.1 Å². The number of benzene rings is 1.